The standard InChI is InChI=1S/C28H33N3O8/c1-28(2,3)39-26(35)30-13-12-29-25(34)38-17-14-23(24(32)33)31(15-17)27(36)37-16-22-20-10-6-4-8-18(20)19-9-5-7-11-21(19)22/h4-11,17,22-23H,12-16H2,1-3H3,(H,29,34)(H,30,35)(H,32,33)/t17-,23+/m0/s1. The van der Waals surface area contributed by atoms with Gasteiger partial charge in [0.15, 0.2) is 0 Å². The third-order valence-corrected chi connectivity index (χ3v) is 6.45. The number of aliphatic carboxylic acids is 1. The third kappa shape index (κ3) is 6.78. The third-order valence-electron chi connectivity index (χ3n) is 6.45. The van der Waals surface area contributed by atoms with Crippen LogP contribution in [0.15, 0.2) is 48.5 Å². The molecular weight excluding hydrogens is 506 g/mol. The molecule has 1 saturated heterocycles. The number of hydrogen-bond acceptors (Lipinski definition) is 7. The number of alkyl carbamates (subject to hydrolysis) is 2. The van der Waals surface area contributed by atoms with Crippen molar-refractivity contribution in [2.24, 2.45) is 0 Å². The maximum absolute atomic E-state index is 13.0. The van der Waals surface area contributed by atoms with Crippen LogP contribution in [0.3, 0.4) is 0 Å². The smallest absolute Gasteiger partial charge is 0.410 e. The molecule has 2 atom stereocenters. The van der Waals surface area contributed by atoms with Crippen LogP contribution in [0.1, 0.15) is 44.2 Å². The molecular formula is C28H33N3O8. The molecule has 11 heteroatoms. The van der Waals surface area contributed by atoms with Crippen molar-refractivity contribution < 1.29 is 38.5 Å². The molecule has 1 aliphatic heterocycles. The molecule has 1 aliphatic carbocycles. The van der Waals surface area contributed by atoms with E-state index in [1.54, 1.807) is 20.8 Å². The minimum Gasteiger partial charge on any atom is -0.480 e. The SMILES string of the molecule is CC(C)(C)OC(=O)NCCNC(=O)O[C@H]1C[C@H](C(=O)O)N(C(=O)OCC2c3ccccc3-c3ccccc32)C1. The number of carbonyl (C=O) groups excluding carboxylic acids is 3. The van der Waals surface area contributed by atoms with E-state index in [2.05, 4.69) is 10.6 Å². The molecule has 3 N–H and O–H groups in total. The number of carboxylic acids is 1. The summed E-state index contributed by atoms with van der Waals surface area (Å²) in [4.78, 5) is 49.8. The number of benzene rings is 2. The Balaban J connectivity index is 1.28. The molecule has 2 aromatic rings. The van der Waals surface area contributed by atoms with E-state index < -0.39 is 42.0 Å². The lowest BCUT2D eigenvalue weighted by atomic mass is 9.98. The number of likely N-dealkylation sites (tertiary alicyclic amines) is 1. The van der Waals surface area contributed by atoms with Crippen LogP contribution < -0.4 is 10.6 Å². The Morgan fingerprint density at radius 3 is 2.05 bits per heavy atom. The average Bonchev–Trinajstić information content (AvgIpc) is 3.44. The summed E-state index contributed by atoms with van der Waals surface area (Å²) >= 11 is 0. The molecule has 1 fully saturated rings. The second kappa shape index (κ2) is 11.6. The second-order valence-corrected chi connectivity index (χ2v) is 10.4. The summed E-state index contributed by atoms with van der Waals surface area (Å²) < 4.78 is 16.0. The zero-order valence-corrected chi connectivity index (χ0v) is 22.1. The number of nitrogens with one attached hydrogen (secondary N) is 2. The predicted molar refractivity (Wildman–Crippen MR) is 140 cm³/mol. The lowest BCUT2D eigenvalue weighted by Crippen LogP contribution is -2.41. The number of amides is 3. The molecule has 2 aliphatic rings. The number of hydrogen-bond donors (Lipinski definition) is 3. The number of nitrogens with zero attached hydrogens (tertiary/aromatic N) is 1. The van der Waals surface area contributed by atoms with E-state index in [0.717, 1.165) is 27.2 Å². The summed E-state index contributed by atoms with van der Waals surface area (Å²) in [6.07, 6.45) is -3.08. The molecule has 1 heterocycles. The van der Waals surface area contributed by atoms with Gasteiger partial charge in [0.05, 0.1) is 6.54 Å². The first-order chi connectivity index (χ1) is 18.5. The zero-order valence-electron chi connectivity index (χ0n) is 22.1. The molecule has 0 unspecified atom stereocenters. The summed E-state index contributed by atoms with van der Waals surface area (Å²) in [7, 11) is 0. The highest BCUT2D eigenvalue weighted by Crippen LogP contribution is 2.44. The van der Waals surface area contributed by atoms with Crippen LogP contribution in [-0.4, -0.2) is 78.2 Å². The van der Waals surface area contributed by atoms with Gasteiger partial charge in [-0.2, -0.15) is 0 Å². The van der Waals surface area contributed by atoms with Gasteiger partial charge < -0.3 is 30.0 Å². The van der Waals surface area contributed by atoms with Crippen LogP contribution in [0, 0.1) is 0 Å². The van der Waals surface area contributed by atoms with Gasteiger partial charge in [0.1, 0.15) is 24.4 Å². The maximum Gasteiger partial charge on any atom is 0.410 e. The van der Waals surface area contributed by atoms with Crippen LogP contribution in [0.2, 0.25) is 0 Å². The highest BCUT2D eigenvalue weighted by molar-refractivity contribution is 5.82. The number of carboxylic acid groups (broad SMARTS) is 1. The molecule has 11 nitrogen and oxygen atoms in total. The summed E-state index contributed by atoms with van der Waals surface area (Å²) in [5.74, 6) is -1.38. The second-order valence-electron chi connectivity index (χ2n) is 10.4. The number of fused-ring (bicyclic) bond motifs is 3. The Morgan fingerprint density at radius 1 is 0.923 bits per heavy atom. The van der Waals surface area contributed by atoms with Crippen molar-refractivity contribution in [1.29, 1.82) is 0 Å². The lowest BCUT2D eigenvalue weighted by molar-refractivity contribution is -0.141. The van der Waals surface area contributed by atoms with Gasteiger partial charge in [-0.1, -0.05) is 48.5 Å². The molecule has 208 valence electrons. The van der Waals surface area contributed by atoms with Gasteiger partial charge >= 0.3 is 24.2 Å². The molecule has 3 amide bonds. The first-order valence-electron chi connectivity index (χ1n) is 12.8. The quantitative estimate of drug-likeness (QED) is 0.357. The van der Waals surface area contributed by atoms with Crippen LogP contribution in [0.25, 0.3) is 11.1 Å². The topological polar surface area (TPSA) is 144 Å². The van der Waals surface area contributed by atoms with Crippen LogP contribution in [0.5, 0.6) is 0 Å². The van der Waals surface area contributed by atoms with Gasteiger partial charge in [0.25, 0.3) is 0 Å². The van der Waals surface area contributed by atoms with E-state index in [-0.39, 0.29) is 38.6 Å². The van der Waals surface area contributed by atoms with Crippen LogP contribution in [-0.2, 0) is 19.0 Å². The zero-order chi connectivity index (χ0) is 28.2. The van der Waals surface area contributed by atoms with Crippen molar-refractivity contribution >= 4 is 24.2 Å². The highest BCUT2D eigenvalue weighted by atomic mass is 16.6. The van der Waals surface area contributed by atoms with E-state index in [1.165, 1.54) is 0 Å². The summed E-state index contributed by atoms with van der Waals surface area (Å²) in [6.45, 7) is 5.32. The largest absolute Gasteiger partial charge is 0.480 e. The average molecular weight is 540 g/mol. The molecule has 0 bridgehead atoms. The summed E-state index contributed by atoms with van der Waals surface area (Å²) in [5, 5.41) is 14.7. The summed E-state index contributed by atoms with van der Waals surface area (Å²) in [6, 6.07) is 14.6. The van der Waals surface area contributed by atoms with Gasteiger partial charge in [-0.15, -0.1) is 0 Å². The first kappa shape index (κ1) is 27.7. The van der Waals surface area contributed by atoms with Crippen molar-refractivity contribution in [2.45, 2.75) is 50.9 Å². The number of carbonyl (C=O) groups is 4. The Hall–Kier alpha value is -4.28. The van der Waals surface area contributed by atoms with E-state index in [1.807, 2.05) is 48.5 Å². The van der Waals surface area contributed by atoms with Gasteiger partial charge in [-0.05, 0) is 43.0 Å². The predicted octanol–water partition coefficient (Wildman–Crippen LogP) is 3.71. The molecule has 39 heavy (non-hydrogen) atoms. The van der Waals surface area contributed by atoms with Crippen molar-refractivity contribution in [3.63, 3.8) is 0 Å². The van der Waals surface area contributed by atoms with Crippen molar-refractivity contribution in [1.82, 2.24) is 15.5 Å². The Kier molecular flexibility index (Phi) is 8.27. The molecule has 0 saturated carbocycles. The lowest BCUT2D eigenvalue weighted by Gasteiger charge is -2.22. The molecule has 0 radical (unpaired) electrons. The maximum atomic E-state index is 13.0. The minimum absolute atomic E-state index is 0.0480. The van der Waals surface area contributed by atoms with Gasteiger partial charge in [0, 0.05) is 25.4 Å². The summed E-state index contributed by atoms with van der Waals surface area (Å²) in [5.41, 5.74) is 3.61. The van der Waals surface area contributed by atoms with Crippen LogP contribution in [0.4, 0.5) is 14.4 Å². The number of ether oxygens (including phenoxy) is 3. The first-order valence-corrected chi connectivity index (χ1v) is 12.8. The van der Waals surface area contributed by atoms with Crippen molar-refractivity contribution in [2.75, 3.05) is 26.2 Å². The van der Waals surface area contributed by atoms with Crippen molar-refractivity contribution in [3.8, 4) is 11.1 Å². The van der Waals surface area contributed by atoms with Gasteiger partial charge in [0.2, 0.25) is 0 Å². The van der Waals surface area contributed by atoms with E-state index in [9.17, 15) is 24.3 Å². The Morgan fingerprint density at radius 2 is 1.49 bits per heavy atom. The Bertz CT molecular complexity index is 1200. The fourth-order valence-corrected chi connectivity index (χ4v) is 4.83. The van der Waals surface area contributed by atoms with Gasteiger partial charge in [-0.3, -0.25) is 4.90 Å². The number of rotatable bonds is 7. The normalized spacial score (nSPS) is 18.1. The monoisotopic (exact) mass is 539 g/mol. The van der Waals surface area contributed by atoms with Gasteiger partial charge in [-0.25, -0.2) is 19.2 Å². The van der Waals surface area contributed by atoms with E-state index >= 15 is 0 Å². The minimum atomic E-state index is -1.21. The van der Waals surface area contributed by atoms with E-state index in [4.69, 9.17) is 14.2 Å². The highest BCUT2D eigenvalue weighted by Gasteiger charge is 2.43. The molecule has 4 rings (SSSR count). The van der Waals surface area contributed by atoms with Crippen molar-refractivity contribution in [3.05, 3.63) is 59.7 Å². The molecule has 2 aromatic carbocycles. The molecule has 0 aromatic heterocycles. The van der Waals surface area contributed by atoms with Crippen LogP contribution >= 0.6 is 0 Å². The fourth-order valence-electron chi connectivity index (χ4n) is 4.83. The van der Waals surface area contributed by atoms with E-state index in [0.29, 0.717) is 0 Å². The Labute approximate surface area is 226 Å². The molecule has 0 spiro atoms. The fraction of sp³-hybridized carbons (Fsp3) is 0.429.